The molecule has 0 aliphatic heterocycles. The van der Waals surface area contributed by atoms with Crippen LogP contribution in [0.25, 0.3) is 0 Å². The Kier molecular flexibility index (Phi) is 4.09. The second kappa shape index (κ2) is 5.96. The van der Waals surface area contributed by atoms with Crippen LogP contribution in [-0.4, -0.2) is 30.0 Å². The quantitative estimate of drug-likeness (QED) is 0.892. The maximum Gasteiger partial charge on any atom is 0.275 e. The van der Waals surface area contributed by atoms with Gasteiger partial charge in [-0.25, -0.2) is 14.4 Å². The van der Waals surface area contributed by atoms with Gasteiger partial charge in [-0.1, -0.05) is 0 Å². The van der Waals surface area contributed by atoms with Crippen molar-refractivity contribution in [2.75, 3.05) is 24.8 Å². The molecule has 0 bridgehead atoms. The first kappa shape index (κ1) is 13.7. The van der Waals surface area contributed by atoms with Crippen LogP contribution in [0.5, 0.6) is 5.75 Å². The number of ether oxygens (including phenoxy) is 1. The number of carbonyl (C=O) groups excluding carboxylic acids is 1. The number of halogens is 1. The summed E-state index contributed by atoms with van der Waals surface area (Å²) in [7, 11) is 3.07. The minimum absolute atomic E-state index is 0.112. The first-order valence-corrected chi connectivity index (χ1v) is 5.78. The van der Waals surface area contributed by atoms with Crippen LogP contribution in [0, 0.1) is 5.82 Å². The van der Waals surface area contributed by atoms with E-state index in [1.165, 1.54) is 37.7 Å². The van der Waals surface area contributed by atoms with E-state index in [2.05, 4.69) is 20.6 Å². The normalized spacial score (nSPS) is 9.95. The van der Waals surface area contributed by atoms with Gasteiger partial charge in [-0.3, -0.25) is 4.79 Å². The highest BCUT2D eigenvalue weighted by Crippen LogP contribution is 2.20. The van der Waals surface area contributed by atoms with E-state index in [-0.39, 0.29) is 11.4 Å². The molecule has 20 heavy (non-hydrogen) atoms. The zero-order valence-corrected chi connectivity index (χ0v) is 11.0. The van der Waals surface area contributed by atoms with E-state index >= 15 is 0 Å². The highest BCUT2D eigenvalue weighted by molar-refractivity contribution is 6.02. The molecule has 0 aliphatic carbocycles. The molecule has 0 unspecified atom stereocenters. The number of nitrogens with one attached hydrogen (secondary N) is 2. The number of rotatable bonds is 4. The van der Waals surface area contributed by atoms with E-state index in [1.807, 2.05) is 0 Å². The number of hydrogen-bond acceptors (Lipinski definition) is 5. The minimum Gasteiger partial charge on any atom is -0.494 e. The van der Waals surface area contributed by atoms with Crippen molar-refractivity contribution in [2.45, 2.75) is 0 Å². The van der Waals surface area contributed by atoms with Crippen molar-refractivity contribution >= 4 is 17.4 Å². The van der Waals surface area contributed by atoms with Crippen molar-refractivity contribution in [2.24, 2.45) is 0 Å². The van der Waals surface area contributed by atoms with E-state index in [0.717, 1.165) is 0 Å². The maximum atomic E-state index is 13.5. The summed E-state index contributed by atoms with van der Waals surface area (Å²) in [5, 5.41) is 5.32. The lowest BCUT2D eigenvalue weighted by atomic mass is 10.2. The first-order valence-electron chi connectivity index (χ1n) is 5.78. The standard InChI is InChI=1S/C13H13FN4O2/c1-15-12-7-16-10(6-17-12)13(19)18-8-3-4-11(20-2)9(14)5-8/h3-7H,1-2H3,(H,15,17)(H,18,19). The molecular formula is C13H13FN4O2. The Bertz CT molecular complexity index is 616. The number of benzene rings is 1. The highest BCUT2D eigenvalue weighted by atomic mass is 19.1. The van der Waals surface area contributed by atoms with Crippen molar-refractivity contribution in [3.05, 3.63) is 42.1 Å². The van der Waals surface area contributed by atoms with Crippen molar-refractivity contribution in [3.63, 3.8) is 0 Å². The Morgan fingerprint density at radius 1 is 1.30 bits per heavy atom. The molecule has 6 nitrogen and oxygen atoms in total. The number of aromatic nitrogens is 2. The Balaban J connectivity index is 2.12. The predicted molar refractivity (Wildman–Crippen MR) is 72.5 cm³/mol. The monoisotopic (exact) mass is 276 g/mol. The Morgan fingerprint density at radius 3 is 2.65 bits per heavy atom. The zero-order valence-electron chi connectivity index (χ0n) is 11.0. The van der Waals surface area contributed by atoms with Crippen LogP contribution >= 0.6 is 0 Å². The molecule has 2 aromatic rings. The van der Waals surface area contributed by atoms with Gasteiger partial charge in [0.1, 0.15) is 11.5 Å². The lowest BCUT2D eigenvalue weighted by molar-refractivity contribution is 0.102. The minimum atomic E-state index is -0.554. The molecule has 2 N–H and O–H groups in total. The lowest BCUT2D eigenvalue weighted by Crippen LogP contribution is -2.14. The summed E-state index contributed by atoms with van der Waals surface area (Å²) in [6.07, 6.45) is 2.77. The molecule has 1 heterocycles. The van der Waals surface area contributed by atoms with Gasteiger partial charge in [-0.15, -0.1) is 0 Å². The third-order valence-corrected chi connectivity index (χ3v) is 2.55. The Morgan fingerprint density at radius 2 is 2.10 bits per heavy atom. The number of amides is 1. The van der Waals surface area contributed by atoms with Gasteiger partial charge < -0.3 is 15.4 Å². The van der Waals surface area contributed by atoms with Gasteiger partial charge in [-0.2, -0.15) is 0 Å². The highest BCUT2D eigenvalue weighted by Gasteiger charge is 2.10. The van der Waals surface area contributed by atoms with Crippen molar-refractivity contribution < 1.29 is 13.9 Å². The molecule has 0 aliphatic rings. The van der Waals surface area contributed by atoms with Gasteiger partial charge in [0.15, 0.2) is 11.6 Å². The van der Waals surface area contributed by atoms with Crippen molar-refractivity contribution in [3.8, 4) is 5.75 Å². The van der Waals surface area contributed by atoms with Gasteiger partial charge in [0.25, 0.3) is 5.91 Å². The summed E-state index contributed by atoms with van der Waals surface area (Å²) in [5.41, 5.74) is 0.452. The van der Waals surface area contributed by atoms with E-state index in [0.29, 0.717) is 11.5 Å². The molecule has 1 aromatic heterocycles. The van der Waals surface area contributed by atoms with Gasteiger partial charge >= 0.3 is 0 Å². The fourth-order valence-corrected chi connectivity index (χ4v) is 1.51. The third kappa shape index (κ3) is 3.00. The summed E-state index contributed by atoms with van der Waals surface area (Å²) in [4.78, 5) is 19.8. The fourth-order valence-electron chi connectivity index (χ4n) is 1.51. The summed E-state index contributed by atoms with van der Waals surface area (Å²) in [6.45, 7) is 0. The van der Waals surface area contributed by atoms with Crippen LogP contribution in [0.4, 0.5) is 15.9 Å². The molecule has 1 amide bonds. The molecule has 0 radical (unpaired) electrons. The summed E-state index contributed by atoms with van der Waals surface area (Å²) < 4.78 is 18.3. The van der Waals surface area contributed by atoms with Crippen LogP contribution in [-0.2, 0) is 0 Å². The van der Waals surface area contributed by atoms with E-state index in [4.69, 9.17) is 4.74 Å². The maximum absolute atomic E-state index is 13.5. The smallest absolute Gasteiger partial charge is 0.275 e. The van der Waals surface area contributed by atoms with Gasteiger partial charge in [0, 0.05) is 18.8 Å². The Labute approximate surface area is 115 Å². The lowest BCUT2D eigenvalue weighted by Gasteiger charge is -2.07. The van der Waals surface area contributed by atoms with E-state index < -0.39 is 11.7 Å². The second-order valence-electron chi connectivity index (χ2n) is 3.84. The predicted octanol–water partition coefficient (Wildman–Crippen LogP) is 1.92. The largest absolute Gasteiger partial charge is 0.494 e. The average molecular weight is 276 g/mol. The number of carbonyl (C=O) groups is 1. The molecule has 1 aromatic carbocycles. The molecule has 104 valence electrons. The van der Waals surface area contributed by atoms with Gasteiger partial charge in [-0.05, 0) is 12.1 Å². The van der Waals surface area contributed by atoms with Crippen LogP contribution in [0.2, 0.25) is 0 Å². The van der Waals surface area contributed by atoms with Crippen LogP contribution in [0.3, 0.4) is 0 Å². The first-order chi connectivity index (χ1) is 9.63. The summed E-state index contributed by atoms with van der Waals surface area (Å²) >= 11 is 0. The molecule has 0 saturated carbocycles. The van der Waals surface area contributed by atoms with Crippen LogP contribution in [0.15, 0.2) is 30.6 Å². The Hall–Kier alpha value is -2.70. The van der Waals surface area contributed by atoms with E-state index in [1.54, 1.807) is 7.05 Å². The summed E-state index contributed by atoms with van der Waals surface area (Å²) in [5.74, 6) is -0.357. The number of hydrogen-bond donors (Lipinski definition) is 2. The molecule has 0 saturated heterocycles. The third-order valence-electron chi connectivity index (χ3n) is 2.55. The molecule has 7 heteroatoms. The summed E-state index contributed by atoms with van der Waals surface area (Å²) in [6, 6.07) is 4.14. The molecule has 0 spiro atoms. The fraction of sp³-hybridized carbons (Fsp3) is 0.154. The van der Waals surface area contributed by atoms with Gasteiger partial charge in [0.2, 0.25) is 0 Å². The SMILES string of the molecule is CNc1cnc(C(=O)Nc2ccc(OC)c(F)c2)cn1. The zero-order chi connectivity index (χ0) is 14.5. The molecule has 0 atom stereocenters. The van der Waals surface area contributed by atoms with Crippen molar-refractivity contribution in [1.82, 2.24) is 9.97 Å². The molecule has 0 fully saturated rings. The van der Waals surface area contributed by atoms with Gasteiger partial charge in [0.05, 0.1) is 19.5 Å². The number of methoxy groups -OCH3 is 1. The van der Waals surface area contributed by atoms with Crippen LogP contribution < -0.4 is 15.4 Å². The number of nitrogens with zero attached hydrogens (tertiary/aromatic N) is 2. The second-order valence-corrected chi connectivity index (χ2v) is 3.84. The van der Waals surface area contributed by atoms with Crippen LogP contribution in [0.1, 0.15) is 10.5 Å². The average Bonchev–Trinajstić information content (AvgIpc) is 2.47. The van der Waals surface area contributed by atoms with E-state index in [9.17, 15) is 9.18 Å². The topological polar surface area (TPSA) is 76.1 Å². The number of anilines is 2. The molecular weight excluding hydrogens is 263 g/mol. The van der Waals surface area contributed by atoms with Crippen molar-refractivity contribution in [1.29, 1.82) is 0 Å². The molecule has 2 rings (SSSR count).